The third-order valence-corrected chi connectivity index (χ3v) is 6.25. The molecule has 156 valence electrons. The lowest BCUT2D eigenvalue weighted by Crippen LogP contribution is -2.23. The van der Waals surface area contributed by atoms with Gasteiger partial charge in [0, 0.05) is 12.3 Å². The van der Waals surface area contributed by atoms with Crippen molar-refractivity contribution in [1.82, 2.24) is 4.98 Å². The van der Waals surface area contributed by atoms with Crippen molar-refractivity contribution in [3.8, 4) is 0 Å². The van der Waals surface area contributed by atoms with Crippen LogP contribution in [-0.4, -0.2) is 16.9 Å². The van der Waals surface area contributed by atoms with Gasteiger partial charge >= 0.3 is 5.97 Å². The van der Waals surface area contributed by atoms with Gasteiger partial charge in [-0.3, -0.25) is 9.69 Å². The Balaban J connectivity index is 1.80. The molecule has 0 aliphatic carbocycles. The van der Waals surface area contributed by atoms with Crippen LogP contribution in [0.15, 0.2) is 41.8 Å². The van der Waals surface area contributed by atoms with Crippen LogP contribution in [0.2, 0.25) is 15.1 Å². The molecule has 0 aliphatic rings. The van der Waals surface area contributed by atoms with Crippen LogP contribution in [0, 0.1) is 0 Å². The van der Waals surface area contributed by atoms with E-state index in [1.807, 2.05) is 31.2 Å². The van der Waals surface area contributed by atoms with Crippen molar-refractivity contribution in [2.24, 2.45) is 0 Å². The molecule has 0 unspecified atom stereocenters. The number of carbonyl (C=O) groups is 2. The number of para-hydroxylation sites is 1. The van der Waals surface area contributed by atoms with Crippen molar-refractivity contribution in [2.45, 2.75) is 26.9 Å². The molecule has 0 atom stereocenters. The fraction of sp³-hybridized carbons (Fsp3) is 0.190. The summed E-state index contributed by atoms with van der Waals surface area (Å²) in [5.41, 5.74) is 2.31. The van der Waals surface area contributed by atoms with E-state index in [4.69, 9.17) is 39.5 Å². The monoisotopic (exact) mass is 482 g/mol. The van der Waals surface area contributed by atoms with Gasteiger partial charge in [-0.05, 0) is 30.2 Å². The summed E-state index contributed by atoms with van der Waals surface area (Å²) in [6.07, 6.45) is 0.775. The van der Waals surface area contributed by atoms with E-state index in [2.05, 4.69) is 4.98 Å². The van der Waals surface area contributed by atoms with Crippen molar-refractivity contribution in [3.05, 3.63) is 73.7 Å². The number of thiazole rings is 1. The summed E-state index contributed by atoms with van der Waals surface area (Å²) in [5, 5.41) is 2.61. The van der Waals surface area contributed by atoms with E-state index < -0.39 is 5.97 Å². The predicted molar refractivity (Wildman–Crippen MR) is 121 cm³/mol. The van der Waals surface area contributed by atoms with Gasteiger partial charge in [-0.25, -0.2) is 9.78 Å². The molecule has 0 fully saturated rings. The molecular formula is C21H17Cl3N2O3S. The Morgan fingerprint density at radius 3 is 2.50 bits per heavy atom. The molecule has 1 amide bonds. The minimum Gasteiger partial charge on any atom is -0.455 e. The lowest BCUT2D eigenvalue weighted by Gasteiger charge is -2.20. The average Bonchev–Trinajstić information content (AvgIpc) is 3.18. The van der Waals surface area contributed by atoms with Gasteiger partial charge < -0.3 is 4.74 Å². The standard InChI is InChI=1S/C21H17Cl3N2O3S/c1-3-13-6-4-5-7-17(13)26(12(2)27)21-25-14(11-30-21)10-29-20(28)18-15(22)8-9-16(23)19(18)24/h4-9,11H,3,10H2,1-2H3. The van der Waals surface area contributed by atoms with E-state index >= 15 is 0 Å². The number of ether oxygens (including phenoxy) is 1. The van der Waals surface area contributed by atoms with Crippen molar-refractivity contribution in [2.75, 3.05) is 4.90 Å². The molecule has 2 aromatic carbocycles. The number of esters is 1. The Morgan fingerprint density at radius 2 is 1.80 bits per heavy atom. The molecule has 1 aromatic heterocycles. The van der Waals surface area contributed by atoms with Crippen LogP contribution in [0.5, 0.6) is 0 Å². The summed E-state index contributed by atoms with van der Waals surface area (Å²) in [6.45, 7) is 3.41. The van der Waals surface area contributed by atoms with Gasteiger partial charge in [0.25, 0.3) is 0 Å². The molecule has 1 heterocycles. The van der Waals surface area contributed by atoms with E-state index in [9.17, 15) is 9.59 Å². The summed E-state index contributed by atoms with van der Waals surface area (Å²) >= 11 is 19.4. The Bertz CT molecular complexity index is 1100. The largest absolute Gasteiger partial charge is 0.455 e. The molecule has 0 radical (unpaired) electrons. The maximum Gasteiger partial charge on any atom is 0.341 e. The second-order valence-corrected chi connectivity index (χ2v) is 8.28. The number of nitrogens with zero attached hydrogens (tertiary/aromatic N) is 2. The number of carbonyl (C=O) groups excluding carboxylic acids is 2. The first-order valence-corrected chi connectivity index (χ1v) is 11.0. The number of aryl methyl sites for hydroxylation is 1. The molecule has 0 bridgehead atoms. The number of hydrogen-bond donors (Lipinski definition) is 0. The first kappa shape index (κ1) is 22.6. The number of rotatable bonds is 6. The molecule has 0 spiro atoms. The first-order chi connectivity index (χ1) is 14.3. The Labute approximate surface area is 193 Å². The summed E-state index contributed by atoms with van der Waals surface area (Å²) in [6, 6.07) is 10.6. The SMILES string of the molecule is CCc1ccccc1N(C(C)=O)c1nc(COC(=O)c2c(Cl)ccc(Cl)c2Cl)cs1. The highest BCUT2D eigenvalue weighted by molar-refractivity contribution is 7.14. The quantitative estimate of drug-likeness (QED) is 0.289. The number of aromatic nitrogens is 1. The number of anilines is 2. The van der Waals surface area contributed by atoms with Crippen molar-refractivity contribution >= 4 is 68.8 Å². The molecule has 0 saturated heterocycles. The second kappa shape index (κ2) is 9.79. The Kier molecular flexibility index (Phi) is 7.36. The van der Waals surface area contributed by atoms with Gasteiger partial charge in [0.2, 0.25) is 5.91 Å². The maximum atomic E-state index is 12.4. The van der Waals surface area contributed by atoms with E-state index in [0.717, 1.165) is 17.7 Å². The lowest BCUT2D eigenvalue weighted by molar-refractivity contribution is -0.115. The molecule has 9 heteroatoms. The minimum atomic E-state index is -0.707. The molecule has 0 aliphatic heterocycles. The van der Waals surface area contributed by atoms with Crippen LogP contribution < -0.4 is 4.90 Å². The minimum absolute atomic E-state index is 0.00326. The highest BCUT2D eigenvalue weighted by Crippen LogP contribution is 2.33. The van der Waals surface area contributed by atoms with Crippen LogP contribution in [0.3, 0.4) is 0 Å². The second-order valence-electron chi connectivity index (χ2n) is 6.25. The zero-order valence-corrected chi connectivity index (χ0v) is 19.2. The fourth-order valence-corrected chi connectivity index (χ4v) is 4.37. The van der Waals surface area contributed by atoms with Crippen LogP contribution in [-0.2, 0) is 22.6 Å². The third kappa shape index (κ3) is 4.78. The van der Waals surface area contributed by atoms with Crippen LogP contribution >= 0.6 is 46.1 Å². The van der Waals surface area contributed by atoms with Gasteiger partial charge in [-0.1, -0.05) is 59.9 Å². The third-order valence-electron chi connectivity index (χ3n) is 4.26. The van der Waals surface area contributed by atoms with Gasteiger partial charge in [0.15, 0.2) is 5.13 Å². The van der Waals surface area contributed by atoms with Crippen LogP contribution in [0.1, 0.15) is 35.5 Å². The molecule has 0 saturated carbocycles. The summed E-state index contributed by atoms with van der Waals surface area (Å²) in [4.78, 5) is 30.8. The Hall–Kier alpha value is -2.12. The number of halogens is 3. The highest BCUT2D eigenvalue weighted by Gasteiger charge is 2.22. The smallest absolute Gasteiger partial charge is 0.341 e. The van der Waals surface area contributed by atoms with Crippen molar-refractivity contribution < 1.29 is 14.3 Å². The fourth-order valence-electron chi connectivity index (χ4n) is 2.83. The van der Waals surface area contributed by atoms with Gasteiger partial charge in [-0.2, -0.15) is 0 Å². The molecule has 5 nitrogen and oxygen atoms in total. The van der Waals surface area contributed by atoms with E-state index in [-0.39, 0.29) is 33.1 Å². The van der Waals surface area contributed by atoms with Crippen molar-refractivity contribution in [3.63, 3.8) is 0 Å². The molecule has 3 rings (SSSR count). The van der Waals surface area contributed by atoms with Gasteiger partial charge in [-0.15, -0.1) is 11.3 Å². The summed E-state index contributed by atoms with van der Waals surface area (Å²) in [7, 11) is 0. The summed E-state index contributed by atoms with van der Waals surface area (Å²) in [5.74, 6) is -0.868. The topological polar surface area (TPSA) is 59.5 Å². The predicted octanol–water partition coefficient (Wildman–Crippen LogP) is 6.71. The van der Waals surface area contributed by atoms with Crippen LogP contribution in [0.25, 0.3) is 0 Å². The lowest BCUT2D eigenvalue weighted by atomic mass is 10.1. The normalized spacial score (nSPS) is 10.7. The first-order valence-electron chi connectivity index (χ1n) is 8.97. The maximum absolute atomic E-state index is 12.4. The van der Waals surface area contributed by atoms with E-state index in [1.165, 1.54) is 30.4 Å². The zero-order valence-electron chi connectivity index (χ0n) is 16.1. The van der Waals surface area contributed by atoms with E-state index in [1.54, 1.807) is 10.3 Å². The van der Waals surface area contributed by atoms with Gasteiger partial charge in [0.05, 0.1) is 32.0 Å². The molecule has 30 heavy (non-hydrogen) atoms. The number of amides is 1. The van der Waals surface area contributed by atoms with E-state index in [0.29, 0.717) is 10.8 Å². The molecular weight excluding hydrogens is 467 g/mol. The van der Waals surface area contributed by atoms with Crippen molar-refractivity contribution in [1.29, 1.82) is 0 Å². The number of hydrogen-bond acceptors (Lipinski definition) is 5. The van der Waals surface area contributed by atoms with Crippen LogP contribution in [0.4, 0.5) is 10.8 Å². The zero-order chi connectivity index (χ0) is 21.8. The summed E-state index contributed by atoms with van der Waals surface area (Å²) < 4.78 is 5.31. The Morgan fingerprint density at radius 1 is 1.10 bits per heavy atom. The highest BCUT2D eigenvalue weighted by atomic mass is 35.5. The average molecular weight is 484 g/mol. The van der Waals surface area contributed by atoms with Gasteiger partial charge in [0.1, 0.15) is 6.61 Å². The molecule has 0 N–H and O–H groups in total. The number of benzene rings is 2. The molecule has 3 aromatic rings.